The summed E-state index contributed by atoms with van der Waals surface area (Å²) in [6, 6.07) is 6.70. The molecule has 0 saturated carbocycles. The molecule has 0 aliphatic carbocycles. The zero-order valence-corrected chi connectivity index (χ0v) is 14.3. The van der Waals surface area contributed by atoms with Crippen LogP contribution in [0.4, 0.5) is 0 Å². The van der Waals surface area contributed by atoms with Gasteiger partial charge < -0.3 is 10.6 Å². The summed E-state index contributed by atoms with van der Waals surface area (Å²) in [7, 11) is -1.45. The lowest BCUT2D eigenvalue weighted by Gasteiger charge is -2.20. The minimum absolute atomic E-state index is 0.222. The molecule has 21 heavy (non-hydrogen) atoms. The maximum absolute atomic E-state index is 12.1. The van der Waals surface area contributed by atoms with Crippen LogP contribution in [0.1, 0.15) is 25.8 Å². The lowest BCUT2D eigenvalue weighted by atomic mass is 10.2. The van der Waals surface area contributed by atoms with Crippen molar-refractivity contribution in [3.63, 3.8) is 0 Å². The van der Waals surface area contributed by atoms with Crippen molar-refractivity contribution in [2.24, 2.45) is 5.73 Å². The highest BCUT2D eigenvalue weighted by Crippen LogP contribution is 2.10. The number of benzene rings is 1. The van der Waals surface area contributed by atoms with Crippen LogP contribution in [-0.2, 0) is 10.0 Å². The number of rotatable bonds is 8. The van der Waals surface area contributed by atoms with Gasteiger partial charge in [0, 0.05) is 18.2 Å². The average molecular weight is 329 g/mol. The fourth-order valence-electron chi connectivity index (χ4n) is 1.67. The van der Waals surface area contributed by atoms with Crippen LogP contribution in [-0.4, -0.2) is 44.5 Å². The highest BCUT2D eigenvalue weighted by molar-refractivity contribution is 7.89. The Hall–Kier alpha value is -1.02. The van der Waals surface area contributed by atoms with Gasteiger partial charge in [-0.3, -0.25) is 0 Å². The van der Waals surface area contributed by atoms with Gasteiger partial charge in [0.1, 0.15) is 4.99 Å². The number of hydrogen-bond donors (Lipinski definition) is 2. The van der Waals surface area contributed by atoms with E-state index in [1.165, 1.54) is 12.1 Å². The molecule has 0 radical (unpaired) electrons. The predicted molar refractivity (Wildman–Crippen MR) is 89.9 cm³/mol. The Bertz CT molecular complexity index is 568. The fraction of sp³-hybridized carbons (Fsp3) is 0.500. The van der Waals surface area contributed by atoms with Gasteiger partial charge in [-0.2, -0.15) is 0 Å². The number of nitrogens with zero attached hydrogens (tertiary/aromatic N) is 1. The molecule has 1 aromatic rings. The van der Waals surface area contributed by atoms with E-state index in [1.807, 2.05) is 7.05 Å². The molecule has 0 aliphatic heterocycles. The molecule has 0 heterocycles. The van der Waals surface area contributed by atoms with Crippen molar-refractivity contribution in [1.82, 2.24) is 9.62 Å². The van der Waals surface area contributed by atoms with E-state index >= 15 is 0 Å². The molecule has 0 amide bonds. The van der Waals surface area contributed by atoms with Crippen LogP contribution in [0.3, 0.4) is 0 Å². The molecule has 0 atom stereocenters. The van der Waals surface area contributed by atoms with E-state index < -0.39 is 10.0 Å². The second kappa shape index (κ2) is 7.84. The van der Waals surface area contributed by atoms with E-state index in [-0.39, 0.29) is 9.88 Å². The first-order chi connectivity index (χ1) is 9.74. The molecule has 0 unspecified atom stereocenters. The molecule has 5 nitrogen and oxygen atoms in total. The molecule has 0 saturated heterocycles. The Morgan fingerprint density at radius 1 is 1.33 bits per heavy atom. The zero-order chi connectivity index (χ0) is 16.0. The Kier molecular flexibility index (Phi) is 6.73. The summed E-state index contributed by atoms with van der Waals surface area (Å²) < 4.78 is 26.8. The number of nitrogens with one attached hydrogen (secondary N) is 1. The summed E-state index contributed by atoms with van der Waals surface area (Å²) in [6.45, 7) is 5.47. The second-order valence-electron chi connectivity index (χ2n) is 5.21. The maximum Gasteiger partial charge on any atom is 0.240 e. The molecule has 0 spiro atoms. The summed E-state index contributed by atoms with van der Waals surface area (Å²) >= 11 is 4.84. The predicted octanol–water partition coefficient (Wildman–Crippen LogP) is 1.33. The highest BCUT2D eigenvalue weighted by Gasteiger charge is 2.13. The van der Waals surface area contributed by atoms with E-state index in [2.05, 4.69) is 23.5 Å². The first kappa shape index (κ1) is 18.0. The normalized spacial score (nSPS) is 12.0. The minimum Gasteiger partial charge on any atom is -0.389 e. The van der Waals surface area contributed by atoms with Gasteiger partial charge in [-0.1, -0.05) is 24.4 Å². The van der Waals surface area contributed by atoms with Crippen LogP contribution in [0.15, 0.2) is 29.2 Å². The highest BCUT2D eigenvalue weighted by atomic mass is 32.2. The topological polar surface area (TPSA) is 75.4 Å². The Balaban J connectivity index is 2.55. The molecular formula is C14H23N3O2S2. The Morgan fingerprint density at radius 2 is 1.90 bits per heavy atom. The molecule has 7 heteroatoms. The number of hydrogen-bond acceptors (Lipinski definition) is 4. The third-order valence-corrected chi connectivity index (χ3v) is 5.02. The van der Waals surface area contributed by atoms with Crippen molar-refractivity contribution in [2.75, 3.05) is 20.1 Å². The van der Waals surface area contributed by atoms with Crippen molar-refractivity contribution in [3.8, 4) is 0 Å². The lowest BCUT2D eigenvalue weighted by Crippen LogP contribution is -2.31. The Morgan fingerprint density at radius 3 is 2.38 bits per heavy atom. The van der Waals surface area contributed by atoms with Crippen LogP contribution in [0.5, 0.6) is 0 Å². The molecule has 0 aliphatic rings. The molecule has 1 aromatic carbocycles. The lowest BCUT2D eigenvalue weighted by molar-refractivity contribution is 0.271. The zero-order valence-electron chi connectivity index (χ0n) is 12.7. The second-order valence-corrected chi connectivity index (χ2v) is 7.42. The average Bonchev–Trinajstić information content (AvgIpc) is 2.43. The molecular weight excluding hydrogens is 306 g/mol. The largest absolute Gasteiger partial charge is 0.389 e. The molecule has 1 rings (SSSR count). The number of thiocarbonyl (C=S) groups is 1. The van der Waals surface area contributed by atoms with Crippen molar-refractivity contribution in [2.45, 2.75) is 31.2 Å². The van der Waals surface area contributed by atoms with Gasteiger partial charge in [0.25, 0.3) is 0 Å². The summed E-state index contributed by atoms with van der Waals surface area (Å²) in [5.74, 6) is 0. The van der Waals surface area contributed by atoms with Crippen molar-refractivity contribution in [3.05, 3.63) is 29.8 Å². The summed E-state index contributed by atoms with van der Waals surface area (Å²) in [6.07, 6.45) is 0.763. The van der Waals surface area contributed by atoms with Gasteiger partial charge in [0.2, 0.25) is 10.0 Å². The minimum atomic E-state index is -3.47. The first-order valence-electron chi connectivity index (χ1n) is 6.84. The van der Waals surface area contributed by atoms with Crippen molar-refractivity contribution in [1.29, 1.82) is 0 Å². The maximum atomic E-state index is 12.1. The standard InChI is InChI=1S/C14H23N3O2S2/c1-11(2)17(3)10-4-9-16-21(18,19)13-7-5-12(6-8-13)14(15)20/h5-8,11,16H,4,9-10H2,1-3H3,(H2,15,20). The monoisotopic (exact) mass is 329 g/mol. The molecule has 0 bridgehead atoms. The van der Waals surface area contributed by atoms with Crippen molar-refractivity contribution < 1.29 is 8.42 Å². The third-order valence-electron chi connectivity index (χ3n) is 3.31. The SMILES string of the molecule is CC(C)N(C)CCCNS(=O)(=O)c1ccc(C(N)=S)cc1. The third kappa shape index (κ3) is 5.70. The number of nitrogens with two attached hydrogens (primary N) is 1. The van der Waals surface area contributed by atoms with E-state index in [0.717, 1.165) is 13.0 Å². The van der Waals surface area contributed by atoms with Crippen LogP contribution >= 0.6 is 12.2 Å². The van der Waals surface area contributed by atoms with E-state index in [9.17, 15) is 8.42 Å². The van der Waals surface area contributed by atoms with Crippen molar-refractivity contribution >= 4 is 27.2 Å². The fourth-order valence-corrected chi connectivity index (χ4v) is 2.89. The van der Waals surface area contributed by atoms with Crippen LogP contribution in [0.25, 0.3) is 0 Å². The smallest absolute Gasteiger partial charge is 0.240 e. The van der Waals surface area contributed by atoms with Gasteiger partial charge >= 0.3 is 0 Å². The molecule has 0 aromatic heterocycles. The summed E-state index contributed by atoms with van der Waals surface area (Å²) in [5, 5.41) is 0. The van der Waals surface area contributed by atoms with Crippen LogP contribution in [0.2, 0.25) is 0 Å². The van der Waals surface area contributed by atoms with E-state index in [4.69, 9.17) is 18.0 Å². The first-order valence-corrected chi connectivity index (χ1v) is 8.73. The number of sulfonamides is 1. The molecule has 118 valence electrons. The van der Waals surface area contributed by atoms with Gasteiger partial charge in [0.05, 0.1) is 4.90 Å². The van der Waals surface area contributed by atoms with Crippen LogP contribution < -0.4 is 10.5 Å². The summed E-state index contributed by atoms with van der Waals surface area (Å²) in [4.78, 5) is 2.65. The van der Waals surface area contributed by atoms with E-state index in [0.29, 0.717) is 18.2 Å². The quantitative estimate of drug-likeness (QED) is 0.556. The Labute approximate surface area is 132 Å². The molecule has 3 N–H and O–H groups in total. The van der Waals surface area contributed by atoms with Gasteiger partial charge in [-0.05, 0) is 46.0 Å². The molecule has 0 fully saturated rings. The van der Waals surface area contributed by atoms with E-state index in [1.54, 1.807) is 12.1 Å². The summed E-state index contributed by atoms with van der Waals surface area (Å²) in [5.41, 5.74) is 6.14. The van der Waals surface area contributed by atoms with Gasteiger partial charge in [-0.25, -0.2) is 13.1 Å². The van der Waals surface area contributed by atoms with Crippen LogP contribution in [0, 0.1) is 0 Å². The van der Waals surface area contributed by atoms with Gasteiger partial charge in [-0.15, -0.1) is 0 Å². The van der Waals surface area contributed by atoms with Gasteiger partial charge in [0.15, 0.2) is 0 Å².